The van der Waals surface area contributed by atoms with E-state index in [-0.39, 0.29) is 47.7 Å². The highest BCUT2D eigenvalue weighted by molar-refractivity contribution is 6.05. The molecule has 0 aliphatic carbocycles. The average Bonchev–Trinajstić information content (AvgIpc) is 2.99. The number of unbranched alkanes of at least 4 members (excludes halogenated alkanes) is 9. The quantitative estimate of drug-likeness (QED) is 0.0679. The molecule has 3 atom stereocenters. The number of hydrogen-bond donors (Lipinski definition) is 0. The van der Waals surface area contributed by atoms with Gasteiger partial charge in [-0.25, -0.2) is 14.4 Å². The van der Waals surface area contributed by atoms with E-state index in [1.807, 2.05) is 0 Å². The van der Waals surface area contributed by atoms with Crippen molar-refractivity contribution in [2.24, 2.45) is 17.8 Å². The van der Waals surface area contributed by atoms with Crippen LogP contribution in [0.4, 0.5) is 0 Å². The van der Waals surface area contributed by atoms with Gasteiger partial charge in [0.2, 0.25) is 0 Å². The highest BCUT2D eigenvalue weighted by Gasteiger charge is 2.23. The van der Waals surface area contributed by atoms with Gasteiger partial charge in [0, 0.05) is 0 Å². The molecule has 0 aromatic heterocycles. The maximum atomic E-state index is 13.2. The standard InChI is InChI=1S/C36H60O6/c1-7-10-13-16-19-28(4)25-40-34(37)31-22-23-32(35(38)41-26-29(5)20-17-14-11-8-2)33(24-31)36(39)42-27-30(6)21-18-15-12-9-3/h22-24,28-30H,7-21,25-27H2,1-6H3. The first-order valence-electron chi connectivity index (χ1n) is 16.9. The van der Waals surface area contributed by atoms with Crippen LogP contribution in [0.3, 0.4) is 0 Å². The molecule has 0 saturated heterocycles. The lowest BCUT2D eigenvalue weighted by molar-refractivity contribution is 0.0393. The van der Waals surface area contributed by atoms with Crippen molar-refractivity contribution in [2.75, 3.05) is 19.8 Å². The Bertz CT molecular complexity index is 895. The minimum Gasteiger partial charge on any atom is -0.462 e. The van der Waals surface area contributed by atoms with E-state index in [9.17, 15) is 14.4 Å². The first kappa shape index (κ1) is 37.7. The molecule has 1 aromatic carbocycles. The van der Waals surface area contributed by atoms with E-state index in [4.69, 9.17) is 14.2 Å². The van der Waals surface area contributed by atoms with Crippen LogP contribution < -0.4 is 0 Å². The molecule has 0 aliphatic heterocycles. The number of carbonyl (C=O) groups excluding carboxylic acids is 3. The first-order valence-corrected chi connectivity index (χ1v) is 16.9. The van der Waals surface area contributed by atoms with Gasteiger partial charge in [-0.3, -0.25) is 0 Å². The fourth-order valence-corrected chi connectivity index (χ4v) is 4.92. The van der Waals surface area contributed by atoms with Crippen LogP contribution in [0.2, 0.25) is 0 Å². The van der Waals surface area contributed by atoms with Crippen molar-refractivity contribution in [1.29, 1.82) is 0 Å². The fourth-order valence-electron chi connectivity index (χ4n) is 4.92. The van der Waals surface area contributed by atoms with Gasteiger partial charge in [-0.1, -0.05) is 119 Å². The van der Waals surface area contributed by atoms with Gasteiger partial charge in [-0.2, -0.15) is 0 Å². The molecule has 240 valence electrons. The van der Waals surface area contributed by atoms with Gasteiger partial charge in [-0.15, -0.1) is 0 Å². The van der Waals surface area contributed by atoms with E-state index in [1.54, 1.807) is 0 Å². The number of hydrogen-bond acceptors (Lipinski definition) is 6. The molecule has 0 spiro atoms. The number of rotatable bonds is 24. The van der Waals surface area contributed by atoms with Crippen LogP contribution in [0.1, 0.15) is 169 Å². The molecule has 6 heteroatoms. The summed E-state index contributed by atoms with van der Waals surface area (Å²) >= 11 is 0. The van der Waals surface area contributed by atoms with Crippen molar-refractivity contribution in [1.82, 2.24) is 0 Å². The summed E-state index contributed by atoms with van der Waals surface area (Å²) in [6.07, 6.45) is 17.0. The third kappa shape index (κ3) is 16.3. The zero-order chi connectivity index (χ0) is 31.2. The Kier molecular flexibility index (Phi) is 20.7. The molecule has 0 heterocycles. The Morgan fingerprint density at radius 2 is 0.905 bits per heavy atom. The van der Waals surface area contributed by atoms with Crippen molar-refractivity contribution in [2.45, 2.75) is 138 Å². The minimum atomic E-state index is -0.617. The van der Waals surface area contributed by atoms with Crippen molar-refractivity contribution in [3.63, 3.8) is 0 Å². The Labute approximate surface area is 256 Å². The van der Waals surface area contributed by atoms with Crippen molar-refractivity contribution in [3.05, 3.63) is 34.9 Å². The molecule has 0 bridgehead atoms. The van der Waals surface area contributed by atoms with Crippen LogP contribution >= 0.6 is 0 Å². The molecule has 0 N–H and O–H groups in total. The Morgan fingerprint density at radius 3 is 1.31 bits per heavy atom. The summed E-state index contributed by atoms with van der Waals surface area (Å²) in [6, 6.07) is 4.45. The fraction of sp³-hybridized carbons (Fsp3) is 0.750. The van der Waals surface area contributed by atoms with Crippen LogP contribution in [0.15, 0.2) is 18.2 Å². The summed E-state index contributed by atoms with van der Waals surface area (Å²) in [5.41, 5.74) is 0.402. The Balaban J connectivity index is 2.90. The predicted octanol–water partition coefficient (Wildman–Crippen LogP) is 9.98. The molecule has 0 saturated carbocycles. The molecule has 0 aliphatic rings. The van der Waals surface area contributed by atoms with Gasteiger partial charge in [0.25, 0.3) is 0 Å². The monoisotopic (exact) mass is 588 g/mol. The lowest BCUT2D eigenvalue weighted by Gasteiger charge is -2.16. The van der Waals surface area contributed by atoms with Crippen molar-refractivity contribution < 1.29 is 28.6 Å². The average molecular weight is 589 g/mol. The maximum Gasteiger partial charge on any atom is 0.339 e. The van der Waals surface area contributed by atoms with E-state index in [2.05, 4.69) is 41.5 Å². The van der Waals surface area contributed by atoms with Crippen LogP contribution in [-0.2, 0) is 14.2 Å². The molecule has 3 unspecified atom stereocenters. The number of esters is 3. The van der Waals surface area contributed by atoms with Gasteiger partial charge in [0.05, 0.1) is 36.5 Å². The molecule has 0 amide bonds. The molecule has 1 rings (SSSR count). The predicted molar refractivity (Wildman–Crippen MR) is 171 cm³/mol. The minimum absolute atomic E-state index is 0.0517. The number of benzene rings is 1. The van der Waals surface area contributed by atoms with Crippen LogP contribution in [0, 0.1) is 17.8 Å². The normalized spacial score (nSPS) is 13.3. The highest BCUT2D eigenvalue weighted by Crippen LogP contribution is 2.20. The molecular formula is C36H60O6. The largest absolute Gasteiger partial charge is 0.462 e. The molecule has 6 nitrogen and oxygen atoms in total. The van der Waals surface area contributed by atoms with Crippen LogP contribution in [0.25, 0.3) is 0 Å². The van der Waals surface area contributed by atoms with E-state index in [1.165, 1.54) is 76.0 Å². The molecule has 42 heavy (non-hydrogen) atoms. The van der Waals surface area contributed by atoms with Gasteiger partial charge in [0.15, 0.2) is 0 Å². The highest BCUT2D eigenvalue weighted by atomic mass is 16.5. The van der Waals surface area contributed by atoms with Gasteiger partial charge < -0.3 is 14.2 Å². The first-order chi connectivity index (χ1) is 20.2. The lowest BCUT2D eigenvalue weighted by Crippen LogP contribution is -2.20. The second kappa shape index (κ2) is 23.1. The van der Waals surface area contributed by atoms with Crippen molar-refractivity contribution >= 4 is 17.9 Å². The molecule has 0 radical (unpaired) electrons. The summed E-state index contributed by atoms with van der Waals surface area (Å²) < 4.78 is 16.8. The lowest BCUT2D eigenvalue weighted by atomic mass is 10.0. The zero-order valence-electron chi connectivity index (χ0n) is 27.6. The van der Waals surface area contributed by atoms with Crippen molar-refractivity contribution in [3.8, 4) is 0 Å². The summed E-state index contributed by atoms with van der Waals surface area (Å²) in [4.78, 5) is 39.2. The second-order valence-corrected chi connectivity index (χ2v) is 12.4. The van der Waals surface area contributed by atoms with Gasteiger partial charge >= 0.3 is 17.9 Å². The van der Waals surface area contributed by atoms with E-state index in [0.29, 0.717) is 6.61 Å². The Morgan fingerprint density at radius 1 is 0.524 bits per heavy atom. The third-order valence-corrected chi connectivity index (χ3v) is 7.84. The summed E-state index contributed by atoms with van der Waals surface area (Å²) in [7, 11) is 0. The van der Waals surface area contributed by atoms with Crippen LogP contribution in [0.5, 0.6) is 0 Å². The SMILES string of the molecule is CCCCCCC(C)COC(=O)c1ccc(C(=O)OCC(C)CCCCCC)c(C(=O)OCC(C)CCCCCC)c1. The van der Waals surface area contributed by atoms with E-state index in [0.717, 1.165) is 38.5 Å². The maximum absolute atomic E-state index is 13.2. The zero-order valence-corrected chi connectivity index (χ0v) is 27.6. The van der Waals surface area contributed by atoms with E-state index < -0.39 is 17.9 Å². The second-order valence-electron chi connectivity index (χ2n) is 12.4. The number of ether oxygens (including phenoxy) is 3. The molecular weight excluding hydrogens is 528 g/mol. The van der Waals surface area contributed by atoms with Gasteiger partial charge in [0.1, 0.15) is 0 Å². The van der Waals surface area contributed by atoms with Gasteiger partial charge in [-0.05, 0) is 55.2 Å². The van der Waals surface area contributed by atoms with E-state index >= 15 is 0 Å². The smallest absolute Gasteiger partial charge is 0.339 e. The summed E-state index contributed by atoms with van der Waals surface area (Å²) in [5, 5.41) is 0. The summed E-state index contributed by atoms with van der Waals surface area (Å²) in [6.45, 7) is 13.6. The molecule has 1 aromatic rings. The Hall–Kier alpha value is -2.37. The summed E-state index contributed by atoms with van der Waals surface area (Å²) in [5.74, 6) is -0.999. The van der Waals surface area contributed by atoms with Crippen LogP contribution in [-0.4, -0.2) is 37.7 Å². The molecule has 0 fully saturated rings. The number of carbonyl (C=O) groups is 3. The topological polar surface area (TPSA) is 78.9 Å². The third-order valence-electron chi connectivity index (χ3n) is 7.84.